The van der Waals surface area contributed by atoms with E-state index in [-0.39, 0.29) is 28.6 Å². The molecule has 5 rings (SSSR count). The number of hydrogen-bond acceptors (Lipinski definition) is 9. The summed E-state index contributed by atoms with van der Waals surface area (Å²) in [6, 6.07) is 19.8. The summed E-state index contributed by atoms with van der Waals surface area (Å²) in [6.45, 7) is -0.408. The molecular weight excluding hydrogens is 478 g/mol. The molecule has 0 spiro atoms. The van der Waals surface area contributed by atoms with E-state index in [0.29, 0.717) is 27.6 Å². The van der Waals surface area contributed by atoms with E-state index in [1.165, 1.54) is 24.4 Å². The zero-order chi connectivity index (χ0) is 25.9. The number of furan rings is 1. The number of hydrogen-bond donors (Lipinski definition) is 0. The summed E-state index contributed by atoms with van der Waals surface area (Å²) >= 11 is 0. The number of nitro groups is 1. The van der Waals surface area contributed by atoms with Crippen molar-refractivity contribution in [3.8, 4) is 29.2 Å². The summed E-state index contributed by atoms with van der Waals surface area (Å²) in [6.07, 6.45) is 1.24. The van der Waals surface area contributed by atoms with Crippen molar-refractivity contribution in [1.29, 1.82) is 5.26 Å². The van der Waals surface area contributed by atoms with Crippen molar-refractivity contribution in [3.05, 3.63) is 92.8 Å². The fraction of sp³-hybridized carbons (Fsp3) is 0.0769. The SMILES string of the molecule is COc1cccc2oc(-c3nc4ccccc4c(=O)n3N=Cc3cccc([N+](=O)[O-])c3OCC#N)cc12. The second kappa shape index (κ2) is 9.63. The lowest BCUT2D eigenvalue weighted by molar-refractivity contribution is -0.385. The van der Waals surface area contributed by atoms with Crippen LogP contribution in [0.3, 0.4) is 0 Å². The molecule has 11 heteroatoms. The highest BCUT2D eigenvalue weighted by Crippen LogP contribution is 2.33. The van der Waals surface area contributed by atoms with Crippen LogP contribution in [0.25, 0.3) is 33.5 Å². The van der Waals surface area contributed by atoms with Gasteiger partial charge in [-0.05, 0) is 36.4 Å². The maximum Gasteiger partial charge on any atom is 0.311 e. The first-order valence-corrected chi connectivity index (χ1v) is 10.9. The molecule has 5 aromatic rings. The second-order valence-corrected chi connectivity index (χ2v) is 7.70. The third kappa shape index (κ3) is 4.23. The minimum Gasteiger partial charge on any atom is -0.496 e. The van der Waals surface area contributed by atoms with Gasteiger partial charge in [-0.25, -0.2) is 4.98 Å². The van der Waals surface area contributed by atoms with Crippen molar-refractivity contribution in [1.82, 2.24) is 9.66 Å². The van der Waals surface area contributed by atoms with Gasteiger partial charge in [-0.15, -0.1) is 0 Å². The molecule has 0 aliphatic carbocycles. The Kier molecular flexibility index (Phi) is 6.05. The highest BCUT2D eigenvalue weighted by atomic mass is 16.6. The lowest BCUT2D eigenvalue weighted by Crippen LogP contribution is -2.20. The first-order chi connectivity index (χ1) is 18.0. The van der Waals surface area contributed by atoms with Crippen LogP contribution in [-0.2, 0) is 0 Å². The fourth-order valence-electron chi connectivity index (χ4n) is 3.88. The van der Waals surface area contributed by atoms with Crippen molar-refractivity contribution in [3.63, 3.8) is 0 Å². The molecule has 0 radical (unpaired) electrons. The predicted molar refractivity (Wildman–Crippen MR) is 135 cm³/mol. The summed E-state index contributed by atoms with van der Waals surface area (Å²) in [5, 5.41) is 25.7. The van der Waals surface area contributed by atoms with E-state index in [1.54, 1.807) is 61.7 Å². The highest BCUT2D eigenvalue weighted by molar-refractivity contribution is 5.89. The highest BCUT2D eigenvalue weighted by Gasteiger charge is 2.20. The minimum atomic E-state index is -0.624. The van der Waals surface area contributed by atoms with Crippen LogP contribution in [0.1, 0.15) is 5.56 Å². The monoisotopic (exact) mass is 495 g/mol. The average Bonchev–Trinajstić information content (AvgIpc) is 3.36. The molecule has 0 N–H and O–H groups in total. The molecule has 0 unspecified atom stereocenters. The van der Waals surface area contributed by atoms with Gasteiger partial charge in [0.1, 0.15) is 17.4 Å². The molecule has 0 atom stereocenters. The van der Waals surface area contributed by atoms with E-state index in [9.17, 15) is 14.9 Å². The standard InChI is InChI=1S/C26H17N5O6/c1-35-21-10-5-11-22-18(21)14-23(37-22)25-29-19-8-3-2-7-17(19)26(32)30(25)28-15-16-6-4-9-20(31(33)34)24(16)36-13-12-27/h2-11,14-15H,13H2,1H3. The molecule has 0 aliphatic rings. The summed E-state index contributed by atoms with van der Waals surface area (Å²) < 4.78 is 17.8. The normalized spacial score (nSPS) is 11.1. The molecule has 0 saturated carbocycles. The number of rotatable bonds is 7. The van der Waals surface area contributed by atoms with Gasteiger partial charge in [0.15, 0.2) is 12.4 Å². The van der Waals surface area contributed by atoms with Crippen LogP contribution < -0.4 is 15.0 Å². The van der Waals surface area contributed by atoms with Crippen molar-refractivity contribution in [2.45, 2.75) is 0 Å². The maximum absolute atomic E-state index is 13.5. The zero-order valence-electron chi connectivity index (χ0n) is 19.3. The molecule has 0 fully saturated rings. The average molecular weight is 495 g/mol. The van der Waals surface area contributed by atoms with Crippen molar-refractivity contribution in [2.24, 2.45) is 5.10 Å². The van der Waals surface area contributed by atoms with Crippen LogP contribution in [0.15, 0.2) is 81.0 Å². The Labute approximate surface area is 208 Å². The Morgan fingerprint density at radius 1 is 1.16 bits per heavy atom. The summed E-state index contributed by atoms with van der Waals surface area (Å²) in [7, 11) is 1.54. The third-order valence-corrected chi connectivity index (χ3v) is 5.53. The van der Waals surface area contributed by atoms with Gasteiger partial charge >= 0.3 is 5.69 Å². The maximum atomic E-state index is 13.5. The molecule has 2 aromatic heterocycles. The molecular formula is C26H17N5O6. The van der Waals surface area contributed by atoms with Crippen molar-refractivity contribution < 1.29 is 18.8 Å². The van der Waals surface area contributed by atoms with Crippen molar-refractivity contribution >= 4 is 33.8 Å². The van der Waals surface area contributed by atoms with Crippen LogP contribution in [0, 0.1) is 21.4 Å². The largest absolute Gasteiger partial charge is 0.496 e. The van der Waals surface area contributed by atoms with Gasteiger partial charge in [-0.3, -0.25) is 14.9 Å². The molecule has 37 heavy (non-hydrogen) atoms. The first-order valence-electron chi connectivity index (χ1n) is 10.9. The van der Waals surface area contributed by atoms with Crippen LogP contribution in [-0.4, -0.2) is 34.5 Å². The molecule has 3 aromatic carbocycles. The summed E-state index contributed by atoms with van der Waals surface area (Å²) in [4.78, 5) is 29.0. The summed E-state index contributed by atoms with van der Waals surface area (Å²) in [5.41, 5.74) is 0.344. The van der Waals surface area contributed by atoms with E-state index >= 15 is 0 Å². The molecule has 0 aliphatic heterocycles. The number of methoxy groups -OCH3 is 1. The molecule has 0 saturated heterocycles. The number of nitrogens with zero attached hydrogens (tertiary/aromatic N) is 5. The Balaban J connectivity index is 1.72. The zero-order valence-corrected chi connectivity index (χ0v) is 19.3. The molecule has 0 amide bonds. The van der Waals surface area contributed by atoms with Crippen LogP contribution in [0.5, 0.6) is 11.5 Å². The Morgan fingerprint density at radius 3 is 2.76 bits per heavy atom. The van der Waals surface area contributed by atoms with Gasteiger partial charge in [-0.2, -0.15) is 15.0 Å². The summed E-state index contributed by atoms with van der Waals surface area (Å²) in [5.74, 6) is 0.818. The molecule has 2 heterocycles. The van der Waals surface area contributed by atoms with Gasteiger partial charge in [0.25, 0.3) is 5.56 Å². The van der Waals surface area contributed by atoms with Gasteiger partial charge in [0, 0.05) is 11.6 Å². The van der Waals surface area contributed by atoms with E-state index in [0.717, 1.165) is 4.68 Å². The third-order valence-electron chi connectivity index (χ3n) is 5.53. The lowest BCUT2D eigenvalue weighted by atomic mass is 10.2. The Hall–Kier alpha value is -5.50. The quantitative estimate of drug-likeness (QED) is 0.182. The van der Waals surface area contributed by atoms with Crippen LogP contribution in [0.4, 0.5) is 5.69 Å². The smallest absolute Gasteiger partial charge is 0.311 e. The molecule has 182 valence electrons. The number of nitro benzene ring substituents is 1. The van der Waals surface area contributed by atoms with E-state index in [4.69, 9.17) is 19.2 Å². The number of para-hydroxylation sites is 2. The molecule has 11 nitrogen and oxygen atoms in total. The predicted octanol–water partition coefficient (Wildman–Crippen LogP) is 4.51. The van der Waals surface area contributed by atoms with Crippen LogP contribution in [0.2, 0.25) is 0 Å². The van der Waals surface area contributed by atoms with E-state index in [1.807, 2.05) is 0 Å². The van der Waals surface area contributed by atoms with Crippen molar-refractivity contribution in [2.75, 3.05) is 13.7 Å². The number of fused-ring (bicyclic) bond motifs is 2. The van der Waals surface area contributed by atoms with E-state index < -0.39 is 17.1 Å². The number of ether oxygens (including phenoxy) is 2. The van der Waals surface area contributed by atoms with E-state index in [2.05, 4.69) is 10.1 Å². The van der Waals surface area contributed by atoms with Crippen LogP contribution >= 0.6 is 0 Å². The van der Waals surface area contributed by atoms with Gasteiger partial charge in [-0.1, -0.05) is 24.3 Å². The molecule has 0 bridgehead atoms. The first kappa shape index (κ1) is 23.3. The topological polar surface area (TPSA) is 146 Å². The lowest BCUT2D eigenvalue weighted by Gasteiger charge is -2.08. The van der Waals surface area contributed by atoms with Gasteiger partial charge in [0.2, 0.25) is 11.6 Å². The van der Waals surface area contributed by atoms with Gasteiger partial charge < -0.3 is 13.9 Å². The number of aromatic nitrogens is 2. The number of nitriles is 1. The minimum absolute atomic E-state index is 0.114. The number of benzene rings is 3. The Bertz CT molecular complexity index is 1800. The Morgan fingerprint density at radius 2 is 1.97 bits per heavy atom. The fourth-order valence-corrected chi connectivity index (χ4v) is 3.88. The van der Waals surface area contributed by atoms with Gasteiger partial charge in [0.05, 0.1) is 34.5 Å². The second-order valence-electron chi connectivity index (χ2n) is 7.70.